The summed E-state index contributed by atoms with van der Waals surface area (Å²) in [6.07, 6.45) is -6.52. The van der Waals surface area contributed by atoms with Crippen LogP contribution in [-0.4, -0.2) is 17.2 Å². The summed E-state index contributed by atoms with van der Waals surface area (Å²) in [6.45, 7) is 0. The topological polar surface area (TPSA) is 36.1 Å². The van der Waals surface area contributed by atoms with Gasteiger partial charge in [-0.2, -0.15) is 0 Å². The molecule has 232 valence electrons. The minimum absolute atomic E-state index is 0.0393. The molecule has 4 aromatic rings. The second kappa shape index (κ2) is 13.3. The van der Waals surface area contributed by atoms with E-state index in [0.29, 0.717) is 12.1 Å². The van der Waals surface area contributed by atoms with Gasteiger partial charge in [0.05, 0.1) is 0 Å². The molecule has 44 heavy (non-hydrogen) atoms. The SMILES string of the molecule is FC(F)(F)c1cc(NC(=S)N[C@@H]2CCCC[C@H]2N[PH](c2ccccc2)(c2ccccc2)c2ccccc2)cc(C(F)(F)F)c1. The van der Waals surface area contributed by atoms with Gasteiger partial charge in [-0.25, -0.2) is 0 Å². The van der Waals surface area contributed by atoms with E-state index in [4.69, 9.17) is 12.2 Å². The van der Waals surface area contributed by atoms with Gasteiger partial charge >= 0.3 is 259 Å². The Kier molecular flexibility index (Phi) is 9.63. The molecule has 1 aliphatic rings. The predicted octanol–water partition coefficient (Wildman–Crippen LogP) is 7.55. The van der Waals surface area contributed by atoms with Crippen molar-refractivity contribution in [3.63, 3.8) is 0 Å². The number of halogens is 6. The molecular formula is C33H32F6N3PS. The van der Waals surface area contributed by atoms with Gasteiger partial charge in [0, 0.05) is 0 Å². The van der Waals surface area contributed by atoms with Crippen LogP contribution in [0.5, 0.6) is 0 Å². The summed E-state index contributed by atoms with van der Waals surface area (Å²) in [5, 5.41) is 13.3. The molecule has 0 amide bonds. The molecule has 0 bridgehead atoms. The molecule has 0 aromatic heterocycles. The Morgan fingerprint density at radius 3 is 1.43 bits per heavy atom. The molecule has 0 unspecified atom stereocenters. The van der Waals surface area contributed by atoms with E-state index in [9.17, 15) is 26.3 Å². The van der Waals surface area contributed by atoms with Gasteiger partial charge in [-0.3, -0.25) is 0 Å². The van der Waals surface area contributed by atoms with Crippen LogP contribution in [0.1, 0.15) is 36.8 Å². The molecule has 0 spiro atoms. The van der Waals surface area contributed by atoms with Crippen molar-refractivity contribution < 1.29 is 26.3 Å². The summed E-state index contributed by atoms with van der Waals surface area (Å²) in [4.78, 5) is 0. The van der Waals surface area contributed by atoms with E-state index in [0.717, 1.165) is 41.6 Å². The number of thiocarbonyl (C=S) groups is 1. The van der Waals surface area contributed by atoms with Crippen LogP contribution < -0.4 is 31.6 Å². The van der Waals surface area contributed by atoms with Gasteiger partial charge in [-0.15, -0.1) is 0 Å². The zero-order valence-corrected chi connectivity index (χ0v) is 25.4. The fourth-order valence-corrected chi connectivity index (χ4v) is 10.7. The average Bonchev–Trinajstić information content (AvgIpc) is 3.01. The molecule has 1 saturated carbocycles. The van der Waals surface area contributed by atoms with Crippen LogP contribution in [0.2, 0.25) is 0 Å². The fraction of sp³-hybridized carbons (Fsp3) is 0.242. The predicted molar refractivity (Wildman–Crippen MR) is 172 cm³/mol. The normalized spacial score (nSPS) is 18.0. The van der Waals surface area contributed by atoms with Gasteiger partial charge in [-0.05, 0) is 0 Å². The summed E-state index contributed by atoms with van der Waals surface area (Å²) in [5.74, 6) is 0. The summed E-state index contributed by atoms with van der Waals surface area (Å²) < 4.78 is 80.6. The average molecular weight is 648 g/mol. The molecule has 1 fully saturated rings. The van der Waals surface area contributed by atoms with Gasteiger partial charge < -0.3 is 0 Å². The number of anilines is 1. The maximum atomic E-state index is 13.4. The molecule has 0 aliphatic heterocycles. The third kappa shape index (κ3) is 7.25. The van der Waals surface area contributed by atoms with Crippen molar-refractivity contribution in [1.29, 1.82) is 0 Å². The van der Waals surface area contributed by atoms with Crippen LogP contribution in [0.4, 0.5) is 32.0 Å². The number of benzene rings is 4. The van der Waals surface area contributed by atoms with Crippen LogP contribution in [0.3, 0.4) is 0 Å². The zero-order valence-electron chi connectivity index (χ0n) is 23.6. The van der Waals surface area contributed by atoms with Crippen LogP contribution in [0, 0.1) is 0 Å². The number of nitrogens with one attached hydrogen (secondary N) is 3. The van der Waals surface area contributed by atoms with Crippen molar-refractivity contribution in [3.8, 4) is 0 Å². The second-order valence-corrected chi connectivity index (χ2v) is 14.8. The molecule has 0 radical (unpaired) electrons. The number of hydrogen-bond acceptors (Lipinski definition) is 2. The standard InChI is InChI=1S/C33H32F6N3PS/c34-32(35,36)23-20-24(33(37,38)39)22-25(21-23)40-31(44)41-29-18-10-11-19-30(29)42-43(26-12-4-1-5-13-26,27-14-6-2-7-15-27)28-16-8-3-9-17-28/h1-9,12-17,20-22,29-30,42-43H,10-11,18-19H2,(H2,40,41,44)/t29-,30-/m1/s1. The summed E-state index contributed by atoms with van der Waals surface area (Å²) in [6, 6.07) is 31.9. The molecule has 5 rings (SSSR count). The van der Waals surface area contributed by atoms with E-state index >= 15 is 0 Å². The van der Waals surface area contributed by atoms with E-state index in [-0.39, 0.29) is 28.9 Å². The van der Waals surface area contributed by atoms with Gasteiger partial charge in [-0.1, -0.05) is 0 Å². The molecular weight excluding hydrogens is 615 g/mol. The van der Waals surface area contributed by atoms with E-state index in [2.05, 4.69) is 52.1 Å². The third-order valence-electron chi connectivity index (χ3n) is 7.95. The van der Waals surface area contributed by atoms with E-state index in [1.807, 2.05) is 54.6 Å². The van der Waals surface area contributed by atoms with Crippen molar-refractivity contribution in [2.45, 2.75) is 50.1 Å². The van der Waals surface area contributed by atoms with Gasteiger partial charge in [0.1, 0.15) is 0 Å². The van der Waals surface area contributed by atoms with Crippen LogP contribution in [0.25, 0.3) is 0 Å². The Bertz CT molecular complexity index is 1420. The summed E-state index contributed by atoms with van der Waals surface area (Å²) >= 11 is 5.46. The number of alkyl halides is 6. The fourth-order valence-electron chi connectivity index (χ4n) is 5.93. The van der Waals surface area contributed by atoms with Crippen molar-refractivity contribution in [1.82, 2.24) is 10.4 Å². The number of rotatable bonds is 7. The van der Waals surface area contributed by atoms with Gasteiger partial charge in [0.2, 0.25) is 0 Å². The van der Waals surface area contributed by atoms with E-state index in [1.165, 1.54) is 0 Å². The van der Waals surface area contributed by atoms with E-state index in [1.54, 1.807) is 0 Å². The van der Waals surface area contributed by atoms with Gasteiger partial charge in [0.15, 0.2) is 0 Å². The van der Waals surface area contributed by atoms with Crippen LogP contribution >= 0.6 is 19.6 Å². The Morgan fingerprint density at radius 2 is 1.02 bits per heavy atom. The Hall–Kier alpha value is -3.46. The molecule has 1 aliphatic carbocycles. The summed E-state index contributed by atoms with van der Waals surface area (Å²) in [5.41, 5.74) is -3.19. The Morgan fingerprint density at radius 1 is 0.614 bits per heavy atom. The van der Waals surface area contributed by atoms with Crippen LogP contribution in [-0.2, 0) is 12.4 Å². The summed E-state index contributed by atoms with van der Waals surface area (Å²) in [7, 11) is -2.84. The first-order chi connectivity index (χ1) is 21.0. The van der Waals surface area contributed by atoms with Crippen molar-refractivity contribution in [3.05, 3.63) is 120 Å². The Balaban J connectivity index is 1.47. The first-order valence-corrected chi connectivity index (χ1v) is 16.7. The second-order valence-electron chi connectivity index (χ2n) is 10.9. The molecule has 2 atom stereocenters. The quantitative estimate of drug-likeness (QED) is 0.110. The molecule has 0 saturated heterocycles. The third-order valence-corrected chi connectivity index (χ3v) is 12.6. The molecule has 11 heteroatoms. The minimum atomic E-state index is -4.95. The molecule has 4 aromatic carbocycles. The van der Waals surface area contributed by atoms with Crippen molar-refractivity contribution in [2.24, 2.45) is 0 Å². The maximum absolute atomic E-state index is 13.4. The van der Waals surface area contributed by atoms with Crippen LogP contribution in [0.15, 0.2) is 109 Å². The van der Waals surface area contributed by atoms with Crippen molar-refractivity contribution >= 4 is 46.3 Å². The first kappa shape index (κ1) is 31.9. The Labute approximate surface area is 258 Å². The van der Waals surface area contributed by atoms with E-state index < -0.39 is 30.9 Å². The molecule has 0 heterocycles. The first-order valence-electron chi connectivity index (χ1n) is 14.3. The molecule has 3 nitrogen and oxygen atoms in total. The van der Waals surface area contributed by atoms with Gasteiger partial charge in [0.25, 0.3) is 0 Å². The zero-order chi connectivity index (χ0) is 31.4. The van der Waals surface area contributed by atoms with Crippen molar-refractivity contribution in [2.75, 3.05) is 5.32 Å². The monoisotopic (exact) mass is 647 g/mol. The molecule has 3 N–H and O–H groups in total. The number of hydrogen-bond donors (Lipinski definition) is 3.